The Labute approximate surface area is 177 Å². The number of benzene rings is 1. The van der Waals surface area contributed by atoms with E-state index in [0.717, 1.165) is 24.6 Å². The highest BCUT2D eigenvalue weighted by Gasteiger charge is 2.27. The van der Waals surface area contributed by atoms with E-state index in [1.54, 1.807) is 11.8 Å². The number of thioether (sulfide) groups is 1. The van der Waals surface area contributed by atoms with Gasteiger partial charge in [0, 0.05) is 43.7 Å². The summed E-state index contributed by atoms with van der Waals surface area (Å²) >= 11 is 7.94. The van der Waals surface area contributed by atoms with E-state index in [4.69, 9.17) is 11.6 Å². The molecular formula is C19H28ClN3O3S2. The minimum absolute atomic E-state index is 0.124. The monoisotopic (exact) mass is 445 g/mol. The highest BCUT2D eigenvalue weighted by atomic mass is 35.5. The molecule has 9 heteroatoms. The van der Waals surface area contributed by atoms with E-state index in [1.165, 1.54) is 41.8 Å². The number of hydrogen-bond donors (Lipinski definition) is 1. The summed E-state index contributed by atoms with van der Waals surface area (Å²) in [7, 11) is -3.61. The molecule has 1 aromatic carbocycles. The predicted octanol–water partition coefficient (Wildman–Crippen LogP) is 2.68. The topological polar surface area (TPSA) is 69.7 Å². The van der Waals surface area contributed by atoms with Crippen LogP contribution in [0.3, 0.4) is 0 Å². The number of rotatable bonds is 6. The SMILES string of the molecule is C[C@@H]1CCCCN1CCNC(=O)c1cc(S(=O)(=O)N2CCSCC2)ccc1Cl. The second-order valence-corrected chi connectivity index (χ2v) is 10.9. The molecule has 2 aliphatic rings. The summed E-state index contributed by atoms with van der Waals surface area (Å²) in [5.41, 5.74) is 0.209. The lowest BCUT2D eigenvalue weighted by atomic mass is 10.0. The highest BCUT2D eigenvalue weighted by Crippen LogP contribution is 2.25. The molecule has 1 aromatic rings. The summed E-state index contributed by atoms with van der Waals surface area (Å²) in [4.78, 5) is 15.1. The molecule has 1 amide bonds. The molecule has 3 rings (SSSR count). The van der Waals surface area contributed by atoms with Gasteiger partial charge < -0.3 is 5.32 Å². The van der Waals surface area contributed by atoms with Crippen LogP contribution in [0.25, 0.3) is 0 Å². The largest absolute Gasteiger partial charge is 0.351 e. The number of sulfonamides is 1. The average molecular weight is 446 g/mol. The zero-order chi connectivity index (χ0) is 20.1. The summed E-state index contributed by atoms with van der Waals surface area (Å²) in [5, 5.41) is 3.15. The van der Waals surface area contributed by atoms with E-state index in [0.29, 0.717) is 25.7 Å². The van der Waals surface area contributed by atoms with E-state index < -0.39 is 10.0 Å². The molecule has 0 saturated carbocycles. The van der Waals surface area contributed by atoms with Crippen LogP contribution in [0.2, 0.25) is 5.02 Å². The summed E-state index contributed by atoms with van der Waals surface area (Å²) in [6.07, 6.45) is 3.64. The van der Waals surface area contributed by atoms with Crippen LogP contribution < -0.4 is 5.32 Å². The smallest absolute Gasteiger partial charge is 0.252 e. The van der Waals surface area contributed by atoms with Crippen molar-refractivity contribution in [1.82, 2.24) is 14.5 Å². The van der Waals surface area contributed by atoms with Gasteiger partial charge in [-0.15, -0.1) is 0 Å². The Morgan fingerprint density at radius 1 is 1.25 bits per heavy atom. The number of amides is 1. The molecule has 0 bridgehead atoms. The van der Waals surface area contributed by atoms with Gasteiger partial charge in [-0.25, -0.2) is 8.42 Å². The first-order valence-electron chi connectivity index (χ1n) is 9.79. The number of nitrogens with one attached hydrogen (secondary N) is 1. The number of carbonyl (C=O) groups is 1. The first-order valence-corrected chi connectivity index (χ1v) is 12.8. The Morgan fingerprint density at radius 3 is 2.71 bits per heavy atom. The van der Waals surface area contributed by atoms with Crippen LogP contribution in [0, 0.1) is 0 Å². The van der Waals surface area contributed by atoms with Crippen molar-refractivity contribution in [3.63, 3.8) is 0 Å². The summed E-state index contributed by atoms with van der Waals surface area (Å²) in [5.74, 6) is 1.24. The first kappa shape index (κ1) is 21.9. The number of hydrogen-bond acceptors (Lipinski definition) is 5. The maximum atomic E-state index is 12.9. The number of nitrogens with zero attached hydrogens (tertiary/aromatic N) is 2. The van der Waals surface area contributed by atoms with Crippen molar-refractivity contribution in [2.45, 2.75) is 37.1 Å². The van der Waals surface area contributed by atoms with Crippen molar-refractivity contribution in [1.29, 1.82) is 0 Å². The third kappa shape index (κ3) is 5.21. The molecule has 1 atom stereocenters. The second kappa shape index (κ2) is 9.80. The molecule has 2 aliphatic heterocycles. The zero-order valence-corrected chi connectivity index (χ0v) is 18.6. The molecule has 156 valence electrons. The Morgan fingerprint density at radius 2 is 2.00 bits per heavy atom. The van der Waals surface area contributed by atoms with Crippen LogP contribution in [-0.4, -0.2) is 73.8 Å². The standard InChI is InChI=1S/C19H28ClN3O3S2/c1-15-4-2-3-8-22(15)9-7-21-19(24)17-14-16(5-6-18(17)20)28(25,26)23-10-12-27-13-11-23/h5-6,14-15H,2-4,7-13H2,1H3,(H,21,24)/t15-/m1/s1. The van der Waals surface area contributed by atoms with Gasteiger partial charge in [-0.3, -0.25) is 9.69 Å². The molecule has 1 N–H and O–H groups in total. The fourth-order valence-electron chi connectivity index (χ4n) is 3.67. The Bertz CT molecular complexity index is 798. The fourth-order valence-corrected chi connectivity index (χ4v) is 6.48. The molecule has 6 nitrogen and oxygen atoms in total. The molecule has 2 heterocycles. The molecule has 0 aliphatic carbocycles. The molecular weight excluding hydrogens is 418 g/mol. The maximum Gasteiger partial charge on any atom is 0.252 e. The van der Waals surface area contributed by atoms with Gasteiger partial charge in [0.2, 0.25) is 10.0 Å². The van der Waals surface area contributed by atoms with Gasteiger partial charge in [0.05, 0.1) is 15.5 Å². The minimum atomic E-state index is -3.61. The lowest BCUT2D eigenvalue weighted by Crippen LogP contribution is -2.42. The average Bonchev–Trinajstić information content (AvgIpc) is 2.70. The van der Waals surface area contributed by atoms with Gasteiger partial charge in [0.15, 0.2) is 0 Å². The van der Waals surface area contributed by atoms with Gasteiger partial charge in [-0.05, 0) is 44.5 Å². The van der Waals surface area contributed by atoms with Crippen molar-refractivity contribution >= 4 is 39.3 Å². The number of piperidine rings is 1. The van der Waals surface area contributed by atoms with Crippen LogP contribution in [0.1, 0.15) is 36.5 Å². The van der Waals surface area contributed by atoms with Crippen LogP contribution in [0.15, 0.2) is 23.1 Å². The van der Waals surface area contributed by atoms with Crippen molar-refractivity contribution in [3.05, 3.63) is 28.8 Å². The number of halogens is 1. The van der Waals surface area contributed by atoms with Gasteiger partial charge in [0.25, 0.3) is 5.91 Å². The minimum Gasteiger partial charge on any atom is -0.351 e. The molecule has 0 aromatic heterocycles. The van der Waals surface area contributed by atoms with Crippen LogP contribution in [0.4, 0.5) is 0 Å². The Hall–Kier alpha value is -0.800. The van der Waals surface area contributed by atoms with Gasteiger partial charge in [-0.2, -0.15) is 16.1 Å². The molecule has 0 radical (unpaired) electrons. The molecule has 2 saturated heterocycles. The third-order valence-corrected chi connectivity index (χ3v) is 8.58. The van der Waals surface area contributed by atoms with E-state index in [2.05, 4.69) is 17.1 Å². The van der Waals surface area contributed by atoms with E-state index >= 15 is 0 Å². The summed E-state index contributed by atoms with van der Waals surface area (Å²) in [6.45, 7) is 5.55. The Kier molecular flexibility index (Phi) is 7.67. The van der Waals surface area contributed by atoms with Crippen molar-refractivity contribution < 1.29 is 13.2 Å². The van der Waals surface area contributed by atoms with Crippen molar-refractivity contribution in [2.75, 3.05) is 44.2 Å². The quantitative estimate of drug-likeness (QED) is 0.729. The van der Waals surface area contributed by atoms with E-state index in [1.807, 2.05) is 0 Å². The van der Waals surface area contributed by atoms with E-state index in [-0.39, 0.29) is 21.4 Å². The molecule has 2 fully saturated rings. The lowest BCUT2D eigenvalue weighted by Gasteiger charge is -2.33. The van der Waals surface area contributed by atoms with E-state index in [9.17, 15) is 13.2 Å². The highest BCUT2D eigenvalue weighted by molar-refractivity contribution is 7.99. The number of likely N-dealkylation sites (tertiary alicyclic amines) is 1. The molecule has 0 spiro atoms. The van der Waals surface area contributed by atoms with Gasteiger partial charge in [0.1, 0.15) is 0 Å². The molecule has 28 heavy (non-hydrogen) atoms. The maximum absolute atomic E-state index is 12.9. The Balaban J connectivity index is 1.66. The normalized spacial score (nSPS) is 22.1. The summed E-state index contributed by atoms with van der Waals surface area (Å²) in [6, 6.07) is 4.91. The summed E-state index contributed by atoms with van der Waals surface area (Å²) < 4.78 is 27.2. The first-order chi connectivity index (χ1) is 13.4. The predicted molar refractivity (Wildman–Crippen MR) is 115 cm³/mol. The van der Waals surface area contributed by atoms with Crippen molar-refractivity contribution in [3.8, 4) is 0 Å². The zero-order valence-electron chi connectivity index (χ0n) is 16.2. The van der Waals surface area contributed by atoms with Gasteiger partial charge >= 0.3 is 0 Å². The lowest BCUT2D eigenvalue weighted by molar-refractivity contribution is 0.0938. The van der Waals surface area contributed by atoms with Crippen LogP contribution >= 0.6 is 23.4 Å². The fraction of sp³-hybridized carbons (Fsp3) is 0.632. The second-order valence-electron chi connectivity index (χ2n) is 7.29. The molecule has 0 unspecified atom stereocenters. The van der Waals surface area contributed by atoms with Crippen LogP contribution in [-0.2, 0) is 10.0 Å². The van der Waals surface area contributed by atoms with Crippen molar-refractivity contribution in [2.24, 2.45) is 0 Å². The number of carbonyl (C=O) groups excluding carboxylic acids is 1. The third-order valence-electron chi connectivity index (χ3n) is 5.42. The van der Waals surface area contributed by atoms with Crippen LogP contribution in [0.5, 0.6) is 0 Å². The van der Waals surface area contributed by atoms with Gasteiger partial charge in [-0.1, -0.05) is 18.0 Å².